The molecule has 1 saturated heterocycles. The molecule has 0 spiro atoms. The number of methoxy groups -OCH3 is 1. The fourth-order valence-electron chi connectivity index (χ4n) is 2.17. The summed E-state index contributed by atoms with van der Waals surface area (Å²) in [5.74, 6) is -0.488. The molecule has 1 N–H and O–H groups in total. The summed E-state index contributed by atoms with van der Waals surface area (Å²) in [4.78, 5) is 11.5. The van der Waals surface area contributed by atoms with Crippen molar-refractivity contribution in [3.05, 3.63) is 0 Å². The maximum Gasteiger partial charge on any atom is 0.403 e. The Kier molecular flexibility index (Phi) is 4.06. The minimum Gasteiger partial charge on any atom is -0.469 e. The molecule has 1 fully saturated rings. The molecule has 2 unspecified atom stereocenters. The van der Waals surface area contributed by atoms with Crippen LogP contribution >= 0.6 is 0 Å². The van der Waals surface area contributed by atoms with Crippen LogP contribution < -0.4 is 5.32 Å². The number of nitrogens with one attached hydrogen (secondary N) is 1. The largest absolute Gasteiger partial charge is 0.469 e. The van der Waals surface area contributed by atoms with Crippen LogP contribution in [-0.2, 0) is 9.53 Å². The second kappa shape index (κ2) is 4.84. The molecule has 6 heteroatoms. The summed E-state index contributed by atoms with van der Waals surface area (Å²) in [6.07, 6.45) is -3.18. The second-order valence-electron chi connectivity index (χ2n) is 4.96. The first-order valence-corrected chi connectivity index (χ1v) is 5.60. The standard InChI is InChI=1S/C11H18F3NO2/c1-10(2,9(16)17-3)7-5-4-6-8(15-7)11(12,13)14/h7-8,15H,4-6H2,1-3H3. The zero-order valence-corrected chi connectivity index (χ0v) is 10.2. The van der Waals surface area contributed by atoms with Crippen molar-refractivity contribution in [2.45, 2.75) is 51.4 Å². The first kappa shape index (κ1) is 14.3. The van der Waals surface area contributed by atoms with Gasteiger partial charge in [-0.2, -0.15) is 13.2 Å². The van der Waals surface area contributed by atoms with Crippen molar-refractivity contribution in [1.29, 1.82) is 0 Å². The minimum absolute atomic E-state index is 0.0667. The molecule has 0 bridgehead atoms. The maximum atomic E-state index is 12.6. The predicted octanol–water partition coefficient (Wildman–Crippen LogP) is 2.26. The van der Waals surface area contributed by atoms with Crippen molar-refractivity contribution in [3.8, 4) is 0 Å². The third-order valence-electron chi connectivity index (χ3n) is 3.37. The quantitative estimate of drug-likeness (QED) is 0.767. The van der Waals surface area contributed by atoms with Gasteiger partial charge in [0, 0.05) is 6.04 Å². The molecule has 1 rings (SSSR count). The summed E-state index contributed by atoms with van der Waals surface area (Å²) >= 11 is 0. The van der Waals surface area contributed by atoms with E-state index in [4.69, 9.17) is 0 Å². The number of rotatable bonds is 2. The van der Waals surface area contributed by atoms with Crippen LogP contribution in [0.1, 0.15) is 33.1 Å². The van der Waals surface area contributed by atoms with Crippen molar-refractivity contribution in [3.63, 3.8) is 0 Å². The van der Waals surface area contributed by atoms with Crippen LogP contribution in [0.4, 0.5) is 13.2 Å². The van der Waals surface area contributed by atoms with Crippen LogP contribution in [0.2, 0.25) is 0 Å². The third-order valence-corrected chi connectivity index (χ3v) is 3.37. The highest BCUT2D eigenvalue weighted by atomic mass is 19.4. The van der Waals surface area contributed by atoms with E-state index >= 15 is 0 Å². The Morgan fingerprint density at radius 1 is 1.24 bits per heavy atom. The number of hydrogen-bond acceptors (Lipinski definition) is 3. The van der Waals surface area contributed by atoms with Gasteiger partial charge in [0.2, 0.25) is 0 Å². The Morgan fingerprint density at radius 2 is 1.76 bits per heavy atom. The number of hydrogen-bond donors (Lipinski definition) is 1. The van der Waals surface area contributed by atoms with Gasteiger partial charge in [-0.05, 0) is 33.1 Å². The first-order valence-electron chi connectivity index (χ1n) is 5.60. The second-order valence-corrected chi connectivity index (χ2v) is 4.96. The molecule has 0 aliphatic carbocycles. The first-order chi connectivity index (χ1) is 7.69. The summed E-state index contributed by atoms with van der Waals surface area (Å²) < 4.78 is 42.5. The van der Waals surface area contributed by atoms with E-state index in [1.165, 1.54) is 7.11 Å². The number of esters is 1. The molecule has 0 saturated carbocycles. The zero-order chi connectivity index (χ0) is 13.3. The van der Waals surface area contributed by atoms with E-state index < -0.39 is 29.6 Å². The number of piperidine rings is 1. The SMILES string of the molecule is COC(=O)C(C)(C)C1CCCC(C(F)(F)F)N1. The van der Waals surface area contributed by atoms with Gasteiger partial charge in [-0.1, -0.05) is 0 Å². The van der Waals surface area contributed by atoms with E-state index in [-0.39, 0.29) is 6.42 Å². The molecule has 0 radical (unpaired) electrons. The van der Waals surface area contributed by atoms with Crippen LogP contribution in [0.25, 0.3) is 0 Å². The molecule has 1 aliphatic rings. The summed E-state index contributed by atoms with van der Waals surface area (Å²) in [7, 11) is 1.24. The number of carbonyl (C=O) groups excluding carboxylic acids is 1. The fourth-order valence-corrected chi connectivity index (χ4v) is 2.17. The van der Waals surface area contributed by atoms with Gasteiger partial charge in [-0.25, -0.2) is 0 Å². The van der Waals surface area contributed by atoms with Gasteiger partial charge in [0.1, 0.15) is 6.04 Å². The highest BCUT2D eigenvalue weighted by Crippen LogP contribution is 2.34. The zero-order valence-electron chi connectivity index (χ0n) is 10.2. The van der Waals surface area contributed by atoms with Crippen molar-refractivity contribution >= 4 is 5.97 Å². The number of ether oxygens (including phenoxy) is 1. The number of halogens is 3. The van der Waals surface area contributed by atoms with Crippen molar-refractivity contribution in [2.75, 3.05) is 7.11 Å². The van der Waals surface area contributed by atoms with Crippen LogP contribution in [0, 0.1) is 5.41 Å². The average Bonchev–Trinajstić information content (AvgIpc) is 2.27. The van der Waals surface area contributed by atoms with Gasteiger partial charge in [0.15, 0.2) is 0 Å². The van der Waals surface area contributed by atoms with Gasteiger partial charge < -0.3 is 10.1 Å². The molecule has 1 aliphatic heterocycles. The lowest BCUT2D eigenvalue weighted by atomic mass is 9.79. The molecule has 100 valence electrons. The Balaban J connectivity index is 2.76. The van der Waals surface area contributed by atoms with Gasteiger partial charge >= 0.3 is 12.1 Å². The molecular formula is C11H18F3NO2. The number of alkyl halides is 3. The highest BCUT2D eigenvalue weighted by molar-refractivity contribution is 5.76. The Bertz CT molecular complexity index is 289. The molecule has 0 aromatic rings. The van der Waals surface area contributed by atoms with Gasteiger partial charge in [0.25, 0.3) is 0 Å². The summed E-state index contributed by atoms with van der Waals surface area (Å²) in [5, 5.41) is 2.52. The van der Waals surface area contributed by atoms with Crippen LogP contribution in [0.15, 0.2) is 0 Å². The van der Waals surface area contributed by atoms with E-state index in [1.807, 2.05) is 0 Å². The molecular weight excluding hydrogens is 235 g/mol. The monoisotopic (exact) mass is 253 g/mol. The van der Waals surface area contributed by atoms with Crippen molar-refractivity contribution in [2.24, 2.45) is 5.41 Å². The molecule has 0 amide bonds. The normalized spacial score (nSPS) is 26.7. The topological polar surface area (TPSA) is 38.3 Å². The van der Waals surface area contributed by atoms with Crippen molar-refractivity contribution < 1.29 is 22.7 Å². The molecule has 3 nitrogen and oxygen atoms in total. The van der Waals surface area contributed by atoms with Gasteiger partial charge in [0.05, 0.1) is 12.5 Å². The van der Waals surface area contributed by atoms with Crippen LogP contribution in [0.3, 0.4) is 0 Å². The van der Waals surface area contributed by atoms with E-state index in [0.717, 1.165) is 0 Å². The third kappa shape index (κ3) is 3.12. The predicted molar refractivity (Wildman–Crippen MR) is 56.4 cm³/mol. The lowest BCUT2D eigenvalue weighted by molar-refractivity contribution is -0.171. The lowest BCUT2D eigenvalue weighted by Gasteiger charge is -2.39. The fraction of sp³-hybridized carbons (Fsp3) is 0.909. The Morgan fingerprint density at radius 3 is 2.24 bits per heavy atom. The van der Waals surface area contributed by atoms with Gasteiger partial charge in [-0.15, -0.1) is 0 Å². The summed E-state index contributed by atoms with van der Waals surface area (Å²) in [6.45, 7) is 3.21. The number of carbonyl (C=O) groups is 1. The molecule has 0 aromatic heterocycles. The highest BCUT2D eigenvalue weighted by Gasteiger charge is 2.47. The smallest absolute Gasteiger partial charge is 0.403 e. The Hall–Kier alpha value is -0.780. The van der Waals surface area contributed by atoms with E-state index in [2.05, 4.69) is 10.1 Å². The molecule has 2 atom stereocenters. The molecule has 0 aromatic carbocycles. The van der Waals surface area contributed by atoms with Crippen LogP contribution in [-0.4, -0.2) is 31.3 Å². The minimum atomic E-state index is -4.26. The van der Waals surface area contributed by atoms with Gasteiger partial charge in [-0.3, -0.25) is 4.79 Å². The van der Waals surface area contributed by atoms with E-state index in [1.54, 1.807) is 13.8 Å². The summed E-state index contributed by atoms with van der Waals surface area (Å²) in [5.41, 5.74) is -0.946. The molecule has 1 heterocycles. The van der Waals surface area contributed by atoms with Crippen molar-refractivity contribution in [1.82, 2.24) is 5.32 Å². The lowest BCUT2D eigenvalue weighted by Crippen LogP contribution is -2.57. The van der Waals surface area contributed by atoms with E-state index in [0.29, 0.717) is 12.8 Å². The molecule has 17 heavy (non-hydrogen) atoms. The Labute approximate surface area is 98.7 Å². The maximum absolute atomic E-state index is 12.6. The van der Waals surface area contributed by atoms with E-state index in [9.17, 15) is 18.0 Å². The van der Waals surface area contributed by atoms with Crippen LogP contribution in [0.5, 0.6) is 0 Å². The summed E-state index contributed by atoms with van der Waals surface area (Å²) in [6, 6.07) is -2.03. The average molecular weight is 253 g/mol.